The third-order valence-corrected chi connectivity index (χ3v) is 4.28. The van der Waals surface area contributed by atoms with Gasteiger partial charge in [-0.15, -0.1) is 0 Å². The number of benzene rings is 2. The minimum Gasteiger partial charge on any atom is -0.383 e. The van der Waals surface area contributed by atoms with Gasteiger partial charge < -0.3 is 4.90 Å². The molecule has 24 heavy (non-hydrogen) atoms. The van der Waals surface area contributed by atoms with Gasteiger partial charge in [0.2, 0.25) is 0 Å². The van der Waals surface area contributed by atoms with Crippen molar-refractivity contribution >= 4 is 52.3 Å². The molecule has 1 aliphatic rings. The summed E-state index contributed by atoms with van der Waals surface area (Å²) >= 11 is 12.6. The fraction of sp³-hybridized carbons (Fsp3) is 0.111. The summed E-state index contributed by atoms with van der Waals surface area (Å²) in [5, 5.41) is 0.730. The molecule has 0 radical (unpaired) electrons. The average Bonchev–Trinajstić information content (AvgIpc) is 2.79. The van der Waals surface area contributed by atoms with Crippen LogP contribution >= 0.6 is 23.2 Å². The number of amides is 1. The van der Waals surface area contributed by atoms with Crippen molar-refractivity contribution in [2.75, 3.05) is 19.0 Å². The molecule has 0 bridgehead atoms. The van der Waals surface area contributed by atoms with Crippen LogP contribution in [-0.2, 0) is 4.79 Å². The fourth-order valence-electron chi connectivity index (χ4n) is 2.69. The number of anilines is 2. The molecule has 1 aliphatic heterocycles. The summed E-state index contributed by atoms with van der Waals surface area (Å²) in [6.45, 7) is 0. The lowest BCUT2D eigenvalue weighted by Crippen LogP contribution is -2.22. The van der Waals surface area contributed by atoms with Crippen molar-refractivity contribution in [2.45, 2.75) is 0 Å². The van der Waals surface area contributed by atoms with E-state index in [0.717, 1.165) is 11.8 Å². The van der Waals surface area contributed by atoms with Crippen molar-refractivity contribution in [2.24, 2.45) is 0 Å². The molecule has 0 saturated carbocycles. The van der Waals surface area contributed by atoms with E-state index < -0.39 is 0 Å². The topological polar surface area (TPSA) is 40.6 Å². The Labute approximate surface area is 149 Å². The summed E-state index contributed by atoms with van der Waals surface area (Å²) < 4.78 is 0. The molecule has 4 nitrogen and oxygen atoms in total. The van der Waals surface area contributed by atoms with Crippen LogP contribution in [0.4, 0.5) is 11.4 Å². The average molecular weight is 361 g/mol. The van der Waals surface area contributed by atoms with Crippen LogP contribution in [0.3, 0.4) is 0 Å². The van der Waals surface area contributed by atoms with E-state index in [4.69, 9.17) is 23.2 Å². The predicted octanol–water partition coefficient (Wildman–Crippen LogP) is 4.39. The van der Waals surface area contributed by atoms with E-state index in [0.29, 0.717) is 32.6 Å². The molecule has 1 heterocycles. The lowest BCUT2D eigenvalue weighted by molar-refractivity contribution is -0.112. The van der Waals surface area contributed by atoms with Gasteiger partial charge in [-0.2, -0.15) is 0 Å². The Morgan fingerprint density at radius 1 is 1.08 bits per heavy atom. The van der Waals surface area contributed by atoms with Crippen LogP contribution in [0.25, 0.3) is 5.57 Å². The smallest absolute Gasteiger partial charge is 0.265 e. The molecule has 122 valence electrons. The third kappa shape index (κ3) is 2.68. The van der Waals surface area contributed by atoms with Crippen molar-refractivity contribution in [3.05, 3.63) is 63.8 Å². The van der Waals surface area contributed by atoms with Crippen LogP contribution in [0.15, 0.2) is 42.6 Å². The van der Waals surface area contributed by atoms with Crippen molar-refractivity contribution in [1.29, 1.82) is 0 Å². The Morgan fingerprint density at radius 3 is 2.33 bits per heavy atom. The Bertz CT molecular complexity index is 855. The maximum atomic E-state index is 13.0. The highest BCUT2D eigenvalue weighted by molar-refractivity contribution is 6.43. The molecule has 1 amide bonds. The first-order valence-electron chi connectivity index (χ1n) is 7.20. The molecule has 0 spiro atoms. The van der Waals surface area contributed by atoms with Crippen molar-refractivity contribution in [1.82, 2.24) is 4.90 Å². The molecular weight excluding hydrogens is 347 g/mol. The number of hydrogen-bond acceptors (Lipinski definition) is 3. The van der Waals surface area contributed by atoms with Gasteiger partial charge in [-0.05, 0) is 18.2 Å². The van der Waals surface area contributed by atoms with E-state index in [9.17, 15) is 9.59 Å². The Kier molecular flexibility index (Phi) is 4.35. The zero-order valence-electron chi connectivity index (χ0n) is 13.1. The molecule has 0 fully saturated rings. The normalized spacial score (nSPS) is 14.9. The second-order valence-electron chi connectivity index (χ2n) is 5.61. The monoisotopic (exact) mass is 360 g/mol. The molecule has 0 unspecified atom stereocenters. The Balaban J connectivity index is 2.29. The molecule has 3 rings (SSSR count). The second-order valence-corrected chi connectivity index (χ2v) is 6.43. The number of aldehydes is 1. The molecule has 0 aromatic heterocycles. The largest absolute Gasteiger partial charge is 0.383 e. The predicted molar refractivity (Wildman–Crippen MR) is 97.1 cm³/mol. The molecular formula is C18H14Cl2N2O2. The van der Waals surface area contributed by atoms with Crippen LogP contribution in [-0.4, -0.2) is 31.2 Å². The maximum Gasteiger partial charge on any atom is 0.265 e. The lowest BCUT2D eigenvalue weighted by atomic mass is 10.1. The molecule has 0 aliphatic carbocycles. The van der Waals surface area contributed by atoms with Gasteiger partial charge in [0.25, 0.3) is 5.91 Å². The maximum absolute atomic E-state index is 13.0. The van der Waals surface area contributed by atoms with E-state index in [1.54, 1.807) is 47.5 Å². The first-order chi connectivity index (χ1) is 11.4. The number of carbonyl (C=O) groups excluding carboxylic acids is 2. The first kappa shape index (κ1) is 16.6. The first-order valence-corrected chi connectivity index (χ1v) is 7.96. The standard InChI is InChI=1S/C18H14Cl2N2O2/c1-21(2)9-13-12-7-6-11(10-23)8-16(12)22(18(13)24)17-14(19)4-3-5-15(17)20/h3-10H,1-2H3. The van der Waals surface area contributed by atoms with Crippen molar-refractivity contribution in [3.63, 3.8) is 0 Å². The molecule has 2 aromatic carbocycles. The number of para-hydroxylation sites is 1. The van der Waals surface area contributed by atoms with E-state index in [-0.39, 0.29) is 5.91 Å². The van der Waals surface area contributed by atoms with Crippen molar-refractivity contribution < 1.29 is 9.59 Å². The summed E-state index contributed by atoms with van der Waals surface area (Å²) in [6.07, 6.45) is 2.48. The van der Waals surface area contributed by atoms with Gasteiger partial charge in [-0.3, -0.25) is 14.5 Å². The van der Waals surface area contributed by atoms with Crippen LogP contribution in [0.2, 0.25) is 10.0 Å². The Morgan fingerprint density at radius 2 is 1.75 bits per heavy atom. The van der Waals surface area contributed by atoms with Gasteiger partial charge in [0.1, 0.15) is 6.29 Å². The van der Waals surface area contributed by atoms with Gasteiger partial charge in [0.05, 0.1) is 27.0 Å². The zero-order chi connectivity index (χ0) is 17.4. The number of hydrogen-bond donors (Lipinski definition) is 0. The summed E-state index contributed by atoms with van der Waals surface area (Å²) in [5.74, 6) is -0.239. The van der Waals surface area contributed by atoms with Crippen LogP contribution < -0.4 is 4.90 Å². The highest BCUT2D eigenvalue weighted by atomic mass is 35.5. The van der Waals surface area contributed by atoms with Crippen LogP contribution in [0.5, 0.6) is 0 Å². The van der Waals surface area contributed by atoms with Gasteiger partial charge in [-0.1, -0.05) is 41.4 Å². The number of halogens is 2. The van der Waals surface area contributed by atoms with Gasteiger partial charge in [-0.25, -0.2) is 0 Å². The minimum atomic E-state index is -0.239. The summed E-state index contributed by atoms with van der Waals surface area (Å²) in [6, 6.07) is 10.2. The summed E-state index contributed by atoms with van der Waals surface area (Å²) in [4.78, 5) is 27.4. The molecule has 0 saturated heterocycles. The van der Waals surface area contributed by atoms with E-state index >= 15 is 0 Å². The number of carbonyl (C=O) groups is 2. The van der Waals surface area contributed by atoms with Crippen LogP contribution in [0.1, 0.15) is 15.9 Å². The highest BCUT2D eigenvalue weighted by Gasteiger charge is 2.36. The van der Waals surface area contributed by atoms with Gasteiger partial charge in [0, 0.05) is 31.4 Å². The molecule has 0 atom stereocenters. The summed E-state index contributed by atoms with van der Waals surface area (Å²) in [5.41, 5.74) is 2.73. The van der Waals surface area contributed by atoms with Gasteiger partial charge >= 0.3 is 0 Å². The molecule has 0 N–H and O–H groups in total. The zero-order valence-corrected chi connectivity index (χ0v) is 14.6. The van der Waals surface area contributed by atoms with E-state index in [1.165, 1.54) is 4.90 Å². The van der Waals surface area contributed by atoms with Gasteiger partial charge in [0.15, 0.2) is 0 Å². The SMILES string of the molecule is CN(C)C=C1C(=O)N(c2c(Cl)cccc2Cl)c2cc(C=O)ccc21. The number of nitrogens with zero attached hydrogens (tertiary/aromatic N) is 2. The quantitative estimate of drug-likeness (QED) is 0.602. The lowest BCUT2D eigenvalue weighted by Gasteiger charge is -2.20. The number of fused-ring (bicyclic) bond motifs is 1. The van der Waals surface area contributed by atoms with E-state index in [1.807, 2.05) is 14.1 Å². The summed E-state index contributed by atoms with van der Waals surface area (Å²) in [7, 11) is 3.68. The fourth-order valence-corrected chi connectivity index (χ4v) is 3.25. The minimum absolute atomic E-state index is 0.239. The molecule has 6 heteroatoms. The highest BCUT2D eigenvalue weighted by Crippen LogP contribution is 2.46. The van der Waals surface area contributed by atoms with E-state index in [2.05, 4.69) is 0 Å². The molecule has 2 aromatic rings. The third-order valence-electron chi connectivity index (χ3n) is 3.67. The Hall–Kier alpha value is -2.30. The van der Waals surface area contributed by atoms with Crippen molar-refractivity contribution in [3.8, 4) is 0 Å². The second kappa shape index (κ2) is 6.30. The van der Waals surface area contributed by atoms with Crippen LogP contribution in [0, 0.1) is 0 Å². The number of rotatable bonds is 3.